The first-order chi connectivity index (χ1) is 8.95. The van der Waals surface area contributed by atoms with E-state index < -0.39 is 11.9 Å². The molecule has 1 spiro atoms. The van der Waals surface area contributed by atoms with Crippen LogP contribution in [-0.2, 0) is 18.3 Å². The quantitative estimate of drug-likeness (QED) is 0.780. The Morgan fingerprint density at radius 1 is 1.10 bits per heavy atom. The maximum absolute atomic E-state index is 13.0. The van der Waals surface area contributed by atoms with Gasteiger partial charge in [-0.05, 0) is 45.1 Å². The Bertz CT molecular complexity index is 481. The molecular formula is C13H20Cl2F3N3. The lowest BCUT2D eigenvalue weighted by Crippen LogP contribution is -2.55. The van der Waals surface area contributed by atoms with Crippen molar-refractivity contribution in [1.29, 1.82) is 0 Å². The molecule has 21 heavy (non-hydrogen) atoms. The van der Waals surface area contributed by atoms with Gasteiger partial charge < -0.3 is 9.88 Å². The van der Waals surface area contributed by atoms with E-state index in [2.05, 4.69) is 10.2 Å². The van der Waals surface area contributed by atoms with Crippen LogP contribution in [0.2, 0.25) is 0 Å². The summed E-state index contributed by atoms with van der Waals surface area (Å²) in [6.07, 6.45) is -2.53. The molecule has 0 unspecified atom stereocenters. The summed E-state index contributed by atoms with van der Waals surface area (Å²) in [5.74, 6) is 0. The standard InChI is InChI=1S/C13H18F3N3.2ClH/c1-18-8-9-19-10(2-3-11(19)13(14,15)16)12(18)4-6-17-7-5-12;;/h2-3,17H,4-9H2,1H3;2*1H. The molecule has 1 aromatic rings. The second-order valence-corrected chi connectivity index (χ2v) is 5.46. The molecule has 3 rings (SSSR count). The van der Waals surface area contributed by atoms with Gasteiger partial charge >= 0.3 is 6.18 Å². The number of hydrogen-bond acceptors (Lipinski definition) is 2. The van der Waals surface area contributed by atoms with Crippen molar-refractivity contribution >= 4 is 24.8 Å². The molecule has 2 aliphatic rings. The van der Waals surface area contributed by atoms with E-state index in [1.807, 2.05) is 7.05 Å². The first kappa shape index (κ1) is 18.6. The Hall–Kier alpha value is -0.430. The van der Waals surface area contributed by atoms with Crippen LogP contribution in [0.3, 0.4) is 0 Å². The molecular weight excluding hydrogens is 326 g/mol. The van der Waals surface area contributed by atoms with Gasteiger partial charge in [-0.1, -0.05) is 0 Å². The van der Waals surface area contributed by atoms with Crippen molar-refractivity contribution in [2.75, 3.05) is 26.7 Å². The number of fused-ring (bicyclic) bond motifs is 2. The summed E-state index contributed by atoms with van der Waals surface area (Å²) in [6.45, 7) is 2.81. The van der Waals surface area contributed by atoms with Gasteiger partial charge in [0.1, 0.15) is 5.69 Å². The van der Waals surface area contributed by atoms with Gasteiger partial charge in [0.15, 0.2) is 0 Å². The fourth-order valence-corrected chi connectivity index (χ4v) is 3.50. The van der Waals surface area contributed by atoms with Crippen LogP contribution in [0.15, 0.2) is 12.1 Å². The summed E-state index contributed by atoms with van der Waals surface area (Å²) >= 11 is 0. The monoisotopic (exact) mass is 345 g/mol. The van der Waals surface area contributed by atoms with Crippen LogP contribution in [0.5, 0.6) is 0 Å². The maximum atomic E-state index is 13.0. The maximum Gasteiger partial charge on any atom is 0.431 e. The third kappa shape index (κ3) is 2.91. The fraction of sp³-hybridized carbons (Fsp3) is 0.692. The average Bonchev–Trinajstić information content (AvgIpc) is 2.80. The van der Waals surface area contributed by atoms with Crippen molar-refractivity contribution in [1.82, 2.24) is 14.8 Å². The number of hydrogen-bond donors (Lipinski definition) is 1. The first-order valence-corrected chi connectivity index (χ1v) is 6.64. The molecule has 0 aromatic carbocycles. The second-order valence-electron chi connectivity index (χ2n) is 5.46. The number of rotatable bonds is 0. The lowest BCUT2D eigenvalue weighted by atomic mass is 9.82. The van der Waals surface area contributed by atoms with E-state index in [1.54, 1.807) is 6.07 Å². The zero-order valence-corrected chi connectivity index (χ0v) is 13.4. The van der Waals surface area contributed by atoms with Gasteiger partial charge in [-0.3, -0.25) is 4.90 Å². The summed E-state index contributed by atoms with van der Waals surface area (Å²) in [5.41, 5.74) is 0.0936. The molecule has 0 bridgehead atoms. The lowest BCUT2D eigenvalue weighted by Gasteiger charge is -2.48. The minimum atomic E-state index is -4.26. The molecule has 1 fully saturated rings. The topological polar surface area (TPSA) is 20.2 Å². The predicted molar refractivity (Wildman–Crippen MR) is 80.3 cm³/mol. The third-order valence-corrected chi connectivity index (χ3v) is 4.57. The van der Waals surface area contributed by atoms with E-state index >= 15 is 0 Å². The predicted octanol–water partition coefficient (Wildman–Crippen LogP) is 2.87. The highest BCUT2D eigenvalue weighted by molar-refractivity contribution is 5.85. The van der Waals surface area contributed by atoms with Crippen LogP contribution < -0.4 is 5.32 Å². The number of nitrogens with zero attached hydrogens (tertiary/aromatic N) is 2. The van der Waals surface area contributed by atoms with E-state index in [-0.39, 0.29) is 30.4 Å². The van der Waals surface area contributed by atoms with Crippen molar-refractivity contribution in [3.05, 3.63) is 23.5 Å². The molecule has 3 heterocycles. The molecule has 1 aromatic heterocycles. The van der Waals surface area contributed by atoms with E-state index in [1.165, 1.54) is 10.6 Å². The second kappa shape index (κ2) is 6.36. The van der Waals surface area contributed by atoms with Crippen molar-refractivity contribution in [2.24, 2.45) is 0 Å². The molecule has 0 radical (unpaired) electrons. The highest BCUT2D eigenvalue weighted by Crippen LogP contribution is 2.42. The summed E-state index contributed by atoms with van der Waals surface area (Å²) in [7, 11) is 2.02. The minimum Gasteiger partial charge on any atom is -0.338 e. The fourth-order valence-electron chi connectivity index (χ4n) is 3.50. The summed E-state index contributed by atoms with van der Waals surface area (Å²) in [5, 5.41) is 3.29. The zero-order chi connectivity index (χ0) is 13.7. The smallest absolute Gasteiger partial charge is 0.338 e. The Balaban J connectivity index is 0.00000110. The molecule has 0 saturated carbocycles. The molecule has 0 amide bonds. The van der Waals surface area contributed by atoms with E-state index in [0.717, 1.165) is 31.6 Å². The highest BCUT2D eigenvalue weighted by atomic mass is 35.5. The highest BCUT2D eigenvalue weighted by Gasteiger charge is 2.45. The Morgan fingerprint density at radius 2 is 1.71 bits per heavy atom. The van der Waals surface area contributed by atoms with Crippen LogP contribution in [0.4, 0.5) is 13.2 Å². The zero-order valence-electron chi connectivity index (χ0n) is 11.7. The Morgan fingerprint density at radius 3 is 2.29 bits per heavy atom. The van der Waals surface area contributed by atoms with Crippen LogP contribution >= 0.6 is 24.8 Å². The number of halogens is 5. The molecule has 0 atom stereocenters. The number of aromatic nitrogens is 1. The number of piperidine rings is 1. The first-order valence-electron chi connectivity index (χ1n) is 6.64. The molecule has 1 N–H and O–H groups in total. The van der Waals surface area contributed by atoms with E-state index in [9.17, 15) is 13.2 Å². The van der Waals surface area contributed by atoms with Gasteiger partial charge in [0.05, 0.1) is 5.54 Å². The largest absolute Gasteiger partial charge is 0.431 e. The van der Waals surface area contributed by atoms with Crippen LogP contribution in [0.1, 0.15) is 24.2 Å². The summed E-state index contributed by atoms with van der Waals surface area (Å²) < 4.78 is 40.5. The van der Waals surface area contributed by atoms with Crippen LogP contribution in [0, 0.1) is 0 Å². The van der Waals surface area contributed by atoms with Crippen molar-refractivity contribution < 1.29 is 13.2 Å². The van der Waals surface area contributed by atoms with Crippen molar-refractivity contribution in [2.45, 2.75) is 31.1 Å². The Labute approximate surface area is 134 Å². The number of nitrogens with one attached hydrogen (secondary N) is 1. The van der Waals surface area contributed by atoms with Gasteiger partial charge in [-0.2, -0.15) is 13.2 Å². The molecule has 8 heteroatoms. The van der Waals surface area contributed by atoms with Gasteiger partial charge in [0.2, 0.25) is 0 Å². The summed E-state index contributed by atoms with van der Waals surface area (Å²) in [6, 6.07) is 2.90. The molecule has 2 aliphatic heterocycles. The van der Waals surface area contributed by atoms with E-state index in [4.69, 9.17) is 0 Å². The van der Waals surface area contributed by atoms with Gasteiger partial charge in [0, 0.05) is 18.8 Å². The average molecular weight is 346 g/mol. The van der Waals surface area contributed by atoms with Crippen molar-refractivity contribution in [3.8, 4) is 0 Å². The van der Waals surface area contributed by atoms with Crippen LogP contribution in [-0.4, -0.2) is 36.1 Å². The van der Waals surface area contributed by atoms with Gasteiger partial charge in [-0.25, -0.2) is 0 Å². The molecule has 1 saturated heterocycles. The van der Waals surface area contributed by atoms with Gasteiger partial charge in [0.25, 0.3) is 0 Å². The van der Waals surface area contributed by atoms with Crippen LogP contribution in [0.25, 0.3) is 0 Å². The number of likely N-dealkylation sites (N-methyl/N-ethyl adjacent to an activating group) is 1. The Kier molecular flexibility index (Phi) is 5.64. The SMILES string of the molecule is CN1CCn2c(C(F)(F)F)ccc2C12CCNCC2.Cl.Cl. The van der Waals surface area contributed by atoms with Gasteiger partial charge in [-0.15, -0.1) is 24.8 Å². The molecule has 3 nitrogen and oxygen atoms in total. The van der Waals surface area contributed by atoms with Crippen molar-refractivity contribution in [3.63, 3.8) is 0 Å². The summed E-state index contributed by atoms with van der Waals surface area (Å²) in [4.78, 5) is 2.23. The van der Waals surface area contributed by atoms with E-state index in [0.29, 0.717) is 13.1 Å². The molecule has 0 aliphatic carbocycles. The lowest BCUT2D eigenvalue weighted by molar-refractivity contribution is -0.144. The molecule has 122 valence electrons. The minimum absolute atomic E-state index is 0. The third-order valence-electron chi connectivity index (χ3n) is 4.57. The normalized spacial score (nSPS) is 21.3. The number of alkyl halides is 3.